The van der Waals surface area contributed by atoms with Crippen molar-refractivity contribution in [3.63, 3.8) is 0 Å². The zero-order chi connectivity index (χ0) is 27.4. The van der Waals surface area contributed by atoms with Crippen LogP contribution < -0.4 is 15.2 Å². The number of thioether (sulfide) groups is 1. The van der Waals surface area contributed by atoms with Gasteiger partial charge in [-0.2, -0.15) is 0 Å². The van der Waals surface area contributed by atoms with E-state index in [9.17, 15) is 9.59 Å². The molecule has 2 amide bonds. The summed E-state index contributed by atoms with van der Waals surface area (Å²) in [6.07, 6.45) is 9.47. The molecule has 2 aliphatic rings. The van der Waals surface area contributed by atoms with E-state index >= 15 is 0 Å². The maximum Gasteiger partial charge on any atom is 0.293 e. The van der Waals surface area contributed by atoms with Gasteiger partial charge in [0, 0.05) is 7.05 Å². The number of carbonyl (C=O) groups is 2. The van der Waals surface area contributed by atoms with Gasteiger partial charge in [-0.05, 0) is 130 Å². The average molecular weight is 537 g/mol. The fraction of sp³-hybridized carbons (Fsp3) is 0.484. The summed E-state index contributed by atoms with van der Waals surface area (Å²) in [7, 11) is 1.50. The lowest BCUT2D eigenvalue weighted by Gasteiger charge is -2.38. The molecule has 6 nitrogen and oxygen atoms in total. The van der Waals surface area contributed by atoms with Gasteiger partial charge in [0.1, 0.15) is 23.7 Å². The van der Waals surface area contributed by atoms with Gasteiger partial charge in [-0.15, -0.1) is 0 Å². The van der Waals surface area contributed by atoms with Crippen molar-refractivity contribution in [1.82, 2.24) is 4.90 Å². The number of fused-ring (bicyclic) bond motifs is 1. The van der Waals surface area contributed by atoms with E-state index in [0.717, 1.165) is 66.0 Å². The summed E-state index contributed by atoms with van der Waals surface area (Å²) in [5.74, 6) is 1.51. The summed E-state index contributed by atoms with van der Waals surface area (Å²) in [5.41, 5.74) is 12.9. The van der Waals surface area contributed by atoms with E-state index in [4.69, 9.17) is 15.2 Å². The van der Waals surface area contributed by atoms with Crippen molar-refractivity contribution in [1.29, 1.82) is 0 Å². The van der Waals surface area contributed by atoms with E-state index in [2.05, 4.69) is 27.7 Å². The molecule has 1 saturated heterocycles. The van der Waals surface area contributed by atoms with Gasteiger partial charge in [-0.3, -0.25) is 14.5 Å². The van der Waals surface area contributed by atoms with Crippen molar-refractivity contribution < 1.29 is 19.1 Å². The molecule has 2 N–H and O–H groups in total. The summed E-state index contributed by atoms with van der Waals surface area (Å²) >= 11 is 0.961. The number of likely N-dealkylation sites (N-methyl/N-ethyl adjacent to an activating group) is 1. The van der Waals surface area contributed by atoms with Gasteiger partial charge < -0.3 is 15.2 Å². The Morgan fingerprint density at radius 1 is 1.05 bits per heavy atom. The highest BCUT2D eigenvalue weighted by Crippen LogP contribution is 2.41. The van der Waals surface area contributed by atoms with Crippen LogP contribution in [-0.4, -0.2) is 41.8 Å². The second-order valence-electron chi connectivity index (χ2n) is 10.8. The first-order chi connectivity index (χ1) is 18.1. The maximum absolute atomic E-state index is 12.1. The minimum absolute atomic E-state index is 0.251. The number of benzene rings is 2. The zero-order valence-corrected chi connectivity index (χ0v) is 24.1. The molecule has 2 aromatic rings. The fourth-order valence-electron chi connectivity index (χ4n) is 5.25. The van der Waals surface area contributed by atoms with Crippen molar-refractivity contribution in [2.75, 3.05) is 20.2 Å². The minimum atomic E-state index is -0.418. The van der Waals surface area contributed by atoms with E-state index in [1.54, 1.807) is 6.08 Å². The molecule has 2 heterocycles. The molecule has 2 aliphatic heterocycles. The lowest BCUT2D eigenvalue weighted by Crippen LogP contribution is -2.42. The number of amides is 2. The predicted octanol–water partition coefficient (Wildman–Crippen LogP) is 6.50. The van der Waals surface area contributed by atoms with Crippen molar-refractivity contribution in [2.24, 2.45) is 5.73 Å². The molecule has 1 atom stereocenters. The third-order valence-corrected chi connectivity index (χ3v) is 8.84. The molecular weight excluding hydrogens is 496 g/mol. The number of unbranched alkanes of at least 4 members (excludes halogenated alkanes) is 3. The van der Waals surface area contributed by atoms with Gasteiger partial charge in [0.15, 0.2) is 0 Å². The summed E-state index contributed by atoms with van der Waals surface area (Å²) in [4.78, 5) is 25.4. The molecule has 2 aromatic carbocycles. The highest BCUT2D eigenvalue weighted by molar-refractivity contribution is 8.18. The molecule has 1 unspecified atom stereocenters. The van der Waals surface area contributed by atoms with Gasteiger partial charge in [0.2, 0.25) is 0 Å². The molecule has 0 spiro atoms. The van der Waals surface area contributed by atoms with E-state index in [1.165, 1.54) is 54.1 Å². The third kappa shape index (κ3) is 6.10. The van der Waals surface area contributed by atoms with Crippen LogP contribution >= 0.6 is 11.8 Å². The largest absolute Gasteiger partial charge is 0.489 e. The third-order valence-electron chi connectivity index (χ3n) is 7.88. The number of carbonyl (C=O) groups excluding carboxylic acids is 2. The number of imide groups is 1. The molecule has 1 fully saturated rings. The van der Waals surface area contributed by atoms with Crippen molar-refractivity contribution in [2.45, 2.75) is 78.2 Å². The quantitative estimate of drug-likeness (QED) is 0.276. The van der Waals surface area contributed by atoms with E-state index in [-0.39, 0.29) is 11.1 Å². The Morgan fingerprint density at radius 2 is 1.76 bits per heavy atom. The monoisotopic (exact) mass is 536 g/mol. The SMILES string of the molecule is Cc1c(C)c2c(c(C)c1CCCCCCN)CCC(C)(COc1ccc(C=C3SC(=O)N(C)C3=O)cc1)O2. The molecule has 0 saturated carbocycles. The van der Waals surface area contributed by atoms with Gasteiger partial charge in [0.05, 0.1) is 4.91 Å². The molecule has 4 rings (SSSR count). The van der Waals surface area contributed by atoms with Gasteiger partial charge in [-0.1, -0.05) is 25.0 Å². The second-order valence-corrected chi connectivity index (χ2v) is 11.8. The lowest BCUT2D eigenvalue weighted by atomic mass is 9.84. The Kier molecular flexibility index (Phi) is 8.89. The van der Waals surface area contributed by atoms with E-state index in [1.807, 2.05) is 24.3 Å². The van der Waals surface area contributed by atoms with Crippen LogP contribution in [-0.2, 0) is 17.6 Å². The standard InChI is InChI=1S/C31H40N2O4S/c1-20-21(2)28-26(22(3)25(20)10-8-6-7-9-17-32)15-16-31(4,37-28)19-36-24-13-11-23(12-14-24)18-27-29(34)33(5)30(35)38-27/h11-14,18H,6-10,15-17,19,32H2,1-5H3. The first-order valence-corrected chi connectivity index (χ1v) is 14.4. The van der Waals surface area contributed by atoms with Gasteiger partial charge in [-0.25, -0.2) is 0 Å². The molecule has 0 aromatic heterocycles. The molecule has 0 aliphatic carbocycles. The van der Waals surface area contributed by atoms with Crippen molar-refractivity contribution >= 4 is 29.0 Å². The highest BCUT2D eigenvalue weighted by Gasteiger charge is 2.35. The zero-order valence-electron chi connectivity index (χ0n) is 23.3. The van der Waals surface area contributed by atoms with Gasteiger partial charge in [0.25, 0.3) is 11.1 Å². The molecular formula is C31H40N2O4S. The molecule has 0 radical (unpaired) electrons. The van der Waals surface area contributed by atoms with Crippen LogP contribution in [0.2, 0.25) is 0 Å². The van der Waals surface area contributed by atoms with Gasteiger partial charge >= 0.3 is 0 Å². The smallest absolute Gasteiger partial charge is 0.293 e. The first-order valence-electron chi connectivity index (χ1n) is 13.6. The van der Waals surface area contributed by atoms with Crippen molar-refractivity contribution in [3.8, 4) is 11.5 Å². The van der Waals surface area contributed by atoms with Crippen LogP contribution in [0.3, 0.4) is 0 Å². The molecule has 38 heavy (non-hydrogen) atoms. The van der Waals surface area contributed by atoms with Crippen LogP contribution in [0.25, 0.3) is 6.08 Å². The fourth-order valence-corrected chi connectivity index (χ4v) is 6.08. The van der Waals surface area contributed by atoms with Crippen LogP contribution in [0, 0.1) is 20.8 Å². The number of nitrogens with zero attached hydrogens (tertiary/aromatic N) is 1. The average Bonchev–Trinajstić information content (AvgIpc) is 3.14. The number of ether oxygens (including phenoxy) is 2. The van der Waals surface area contributed by atoms with Crippen LogP contribution in [0.1, 0.15) is 72.4 Å². The van der Waals surface area contributed by atoms with Crippen LogP contribution in [0.5, 0.6) is 11.5 Å². The number of hydrogen-bond donors (Lipinski definition) is 1. The highest BCUT2D eigenvalue weighted by atomic mass is 32.2. The van der Waals surface area contributed by atoms with Crippen LogP contribution in [0.15, 0.2) is 29.2 Å². The number of rotatable bonds is 10. The summed E-state index contributed by atoms with van der Waals surface area (Å²) in [5, 5.41) is -0.251. The summed E-state index contributed by atoms with van der Waals surface area (Å²) in [6.45, 7) is 10.0. The Balaban J connectivity index is 1.40. The number of hydrogen-bond acceptors (Lipinski definition) is 6. The Hall–Kier alpha value is -2.77. The van der Waals surface area contributed by atoms with Crippen LogP contribution in [0.4, 0.5) is 4.79 Å². The maximum atomic E-state index is 12.1. The number of nitrogens with two attached hydrogens (primary N) is 1. The second kappa shape index (κ2) is 12.0. The van der Waals surface area contributed by atoms with E-state index in [0.29, 0.717) is 11.5 Å². The predicted molar refractivity (Wildman–Crippen MR) is 155 cm³/mol. The topological polar surface area (TPSA) is 81.9 Å². The molecule has 0 bridgehead atoms. The molecule has 7 heteroatoms. The Bertz CT molecular complexity index is 1240. The minimum Gasteiger partial charge on any atom is -0.489 e. The van der Waals surface area contributed by atoms with E-state index < -0.39 is 5.60 Å². The Labute approximate surface area is 230 Å². The lowest BCUT2D eigenvalue weighted by molar-refractivity contribution is -0.121. The van der Waals surface area contributed by atoms with Crippen molar-refractivity contribution in [3.05, 3.63) is 62.6 Å². The summed E-state index contributed by atoms with van der Waals surface area (Å²) < 4.78 is 12.8. The first kappa shape index (κ1) is 28.2. The normalized spacial score (nSPS) is 20.2. The molecule has 204 valence electrons. The summed E-state index contributed by atoms with van der Waals surface area (Å²) in [6, 6.07) is 7.57. The Morgan fingerprint density at radius 3 is 2.42 bits per heavy atom.